The quantitative estimate of drug-likeness (QED) is 0.456. The van der Waals surface area contributed by atoms with Crippen LogP contribution in [-0.4, -0.2) is 27.5 Å². The maximum absolute atomic E-state index is 12.0. The summed E-state index contributed by atoms with van der Waals surface area (Å²) in [6, 6.07) is 16.6. The van der Waals surface area contributed by atoms with Crippen molar-refractivity contribution in [1.82, 2.24) is 15.0 Å². The Bertz CT molecular complexity index is 1160. The molecule has 140 valence electrons. The molecule has 2 N–H and O–H groups in total. The number of nitrogens with zero attached hydrogens (tertiary/aromatic N) is 2. The van der Waals surface area contributed by atoms with Gasteiger partial charge in [-0.1, -0.05) is 29.8 Å². The molecule has 0 unspecified atom stereocenters. The zero-order valence-corrected chi connectivity index (χ0v) is 15.8. The first-order valence-corrected chi connectivity index (χ1v) is 9.15. The minimum atomic E-state index is -0.344. The minimum Gasteiger partial charge on any atom is -0.462 e. The fraction of sp³-hybridized carbons (Fsp3) is 0.0952. The number of rotatable bonds is 5. The summed E-state index contributed by atoms with van der Waals surface area (Å²) >= 11 is 6.06. The van der Waals surface area contributed by atoms with Crippen molar-refractivity contribution in [2.45, 2.75) is 6.92 Å². The van der Waals surface area contributed by atoms with Crippen LogP contribution in [0.2, 0.25) is 5.02 Å². The number of benzene rings is 2. The lowest BCUT2D eigenvalue weighted by atomic mass is 10.1. The van der Waals surface area contributed by atoms with E-state index in [2.05, 4.69) is 20.3 Å². The summed E-state index contributed by atoms with van der Waals surface area (Å²) in [6.45, 7) is 2.12. The van der Waals surface area contributed by atoms with E-state index in [4.69, 9.17) is 16.3 Å². The van der Waals surface area contributed by atoms with Crippen molar-refractivity contribution in [3.05, 3.63) is 71.5 Å². The predicted octanol–water partition coefficient (Wildman–Crippen LogP) is 5.20. The van der Waals surface area contributed by atoms with Gasteiger partial charge in [-0.05, 0) is 48.9 Å². The fourth-order valence-electron chi connectivity index (χ4n) is 2.93. The van der Waals surface area contributed by atoms with E-state index < -0.39 is 0 Å². The highest BCUT2D eigenvalue weighted by molar-refractivity contribution is 6.30. The highest BCUT2D eigenvalue weighted by Crippen LogP contribution is 2.29. The molecule has 0 aliphatic carbocycles. The van der Waals surface area contributed by atoms with Gasteiger partial charge >= 0.3 is 5.97 Å². The number of halogens is 1. The smallest absolute Gasteiger partial charge is 0.338 e. The highest BCUT2D eigenvalue weighted by atomic mass is 35.5. The van der Waals surface area contributed by atoms with Crippen molar-refractivity contribution < 1.29 is 9.53 Å². The number of H-pyrrole nitrogens is 1. The summed E-state index contributed by atoms with van der Waals surface area (Å²) in [6.07, 6.45) is 1.49. The van der Waals surface area contributed by atoms with E-state index in [1.54, 1.807) is 19.1 Å². The van der Waals surface area contributed by atoms with E-state index in [1.807, 2.05) is 42.5 Å². The van der Waals surface area contributed by atoms with Crippen molar-refractivity contribution in [2.24, 2.45) is 0 Å². The Labute approximate surface area is 166 Å². The molecule has 0 saturated carbocycles. The Hall–Kier alpha value is -3.38. The molecule has 0 bridgehead atoms. The van der Waals surface area contributed by atoms with Gasteiger partial charge in [-0.2, -0.15) is 0 Å². The van der Waals surface area contributed by atoms with Gasteiger partial charge in [0.15, 0.2) is 0 Å². The lowest BCUT2D eigenvalue weighted by Crippen LogP contribution is -2.04. The number of fused-ring (bicyclic) bond motifs is 1. The second kappa shape index (κ2) is 7.70. The summed E-state index contributed by atoms with van der Waals surface area (Å²) < 4.78 is 5.08. The van der Waals surface area contributed by atoms with Crippen molar-refractivity contribution in [3.63, 3.8) is 0 Å². The van der Waals surface area contributed by atoms with Gasteiger partial charge in [0.25, 0.3) is 0 Å². The van der Waals surface area contributed by atoms with Crippen molar-refractivity contribution in [3.8, 4) is 11.3 Å². The van der Waals surface area contributed by atoms with Crippen molar-refractivity contribution in [1.29, 1.82) is 0 Å². The standard InChI is InChI=1S/C21H17ClN4O2/c1-2-28-21(27)14-6-3-5-13(9-14)18-11-17-19(23-12-24-20(17)26-18)25-16-8-4-7-15(22)10-16/h3-12H,2H2,1H3,(H2,23,24,25,26). The molecule has 4 aromatic rings. The van der Waals surface area contributed by atoms with Crippen LogP contribution in [0, 0.1) is 0 Å². The van der Waals surface area contributed by atoms with Gasteiger partial charge in [0.2, 0.25) is 0 Å². The summed E-state index contributed by atoms with van der Waals surface area (Å²) in [5.41, 5.74) is 3.71. The van der Waals surface area contributed by atoms with Crippen LogP contribution in [0.25, 0.3) is 22.3 Å². The molecule has 0 amide bonds. The average Bonchev–Trinajstić information content (AvgIpc) is 3.14. The van der Waals surface area contributed by atoms with E-state index in [1.165, 1.54) is 6.33 Å². The SMILES string of the molecule is CCOC(=O)c1cccc(-c2cc3c(Nc4cccc(Cl)c4)ncnc3[nH]2)c1. The number of nitrogens with one attached hydrogen (secondary N) is 2. The topological polar surface area (TPSA) is 79.9 Å². The molecule has 0 aliphatic rings. The largest absolute Gasteiger partial charge is 0.462 e. The van der Waals surface area contributed by atoms with E-state index >= 15 is 0 Å². The Morgan fingerprint density at radius 3 is 2.82 bits per heavy atom. The van der Waals surface area contributed by atoms with Crippen LogP contribution in [0.15, 0.2) is 60.9 Å². The van der Waals surface area contributed by atoms with Crippen LogP contribution in [0.5, 0.6) is 0 Å². The minimum absolute atomic E-state index is 0.337. The number of aromatic amines is 1. The number of aromatic nitrogens is 3. The van der Waals surface area contributed by atoms with E-state index in [0.717, 1.165) is 22.3 Å². The molecular formula is C21H17ClN4O2. The fourth-order valence-corrected chi connectivity index (χ4v) is 3.12. The Morgan fingerprint density at radius 1 is 1.14 bits per heavy atom. The van der Waals surface area contributed by atoms with Crippen LogP contribution in [-0.2, 0) is 4.74 Å². The third-order valence-corrected chi connectivity index (χ3v) is 4.43. The highest BCUT2D eigenvalue weighted by Gasteiger charge is 2.12. The summed E-state index contributed by atoms with van der Waals surface area (Å²) in [7, 11) is 0. The van der Waals surface area contributed by atoms with Crippen molar-refractivity contribution >= 4 is 40.1 Å². The second-order valence-electron chi connectivity index (χ2n) is 6.10. The molecule has 0 atom stereocenters. The van der Waals surface area contributed by atoms with Crippen LogP contribution in [0.1, 0.15) is 17.3 Å². The Morgan fingerprint density at radius 2 is 2.00 bits per heavy atom. The lowest BCUT2D eigenvalue weighted by molar-refractivity contribution is 0.0526. The third kappa shape index (κ3) is 3.68. The molecule has 2 aromatic carbocycles. The first-order valence-electron chi connectivity index (χ1n) is 8.78. The predicted molar refractivity (Wildman–Crippen MR) is 110 cm³/mol. The zero-order chi connectivity index (χ0) is 19.5. The molecular weight excluding hydrogens is 376 g/mol. The molecule has 0 aliphatic heterocycles. The van der Waals surface area contributed by atoms with Gasteiger partial charge in [-0.25, -0.2) is 14.8 Å². The number of hydrogen-bond donors (Lipinski definition) is 2. The van der Waals surface area contributed by atoms with Crippen LogP contribution >= 0.6 is 11.6 Å². The molecule has 28 heavy (non-hydrogen) atoms. The maximum atomic E-state index is 12.0. The van der Waals surface area contributed by atoms with Gasteiger partial charge in [-0.15, -0.1) is 0 Å². The summed E-state index contributed by atoms with van der Waals surface area (Å²) in [5, 5.41) is 4.74. The number of carbonyl (C=O) groups excluding carboxylic acids is 1. The average molecular weight is 393 g/mol. The molecule has 7 heteroatoms. The first-order chi connectivity index (χ1) is 13.6. The van der Waals surface area contributed by atoms with Gasteiger partial charge < -0.3 is 15.0 Å². The third-order valence-electron chi connectivity index (χ3n) is 4.20. The van der Waals surface area contributed by atoms with Crippen LogP contribution in [0.4, 0.5) is 11.5 Å². The van der Waals surface area contributed by atoms with E-state index in [-0.39, 0.29) is 5.97 Å². The maximum Gasteiger partial charge on any atom is 0.338 e. The monoisotopic (exact) mass is 392 g/mol. The number of esters is 1. The van der Waals surface area contributed by atoms with Gasteiger partial charge in [0, 0.05) is 16.4 Å². The molecule has 2 heterocycles. The zero-order valence-electron chi connectivity index (χ0n) is 15.1. The second-order valence-corrected chi connectivity index (χ2v) is 6.54. The molecule has 4 rings (SSSR count). The molecule has 6 nitrogen and oxygen atoms in total. The lowest BCUT2D eigenvalue weighted by Gasteiger charge is -2.06. The summed E-state index contributed by atoms with van der Waals surface area (Å²) in [4.78, 5) is 23.9. The normalized spacial score (nSPS) is 10.8. The number of anilines is 2. The van der Waals surface area contributed by atoms with Crippen LogP contribution in [0.3, 0.4) is 0 Å². The van der Waals surface area contributed by atoms with Gasteiger partial charge in [0.05, 0.1) is 17.6 Å². The molecule has 0 fully saturated rings. The number of ether oxygens (including phenoxy) is 1. The van der Waals surface area contributed by atoms with Crippen molar-refractivity contribution in [2.75, 3.05) is 11.9 Å². The van der Waals surface area contributed by atoms with Crippen LogP contribution < -0.4 is 5.32 Å². The molecule has 2 aromatic heterocycles. The number of carbonyl (C=O) groups is 1. The van der Waals surface area contributed by atoms with E-state index in [0.29, 0.717) is 28.7 Å². The Balaban J connectivity index is 1.71. The van der Waals surface area contributed by atoms with Gasteiger partial charge in [0.1, 0.15) is 17.8 Å². The Kier molecular flexibility index (Phi) is 4.95. The molecule has 0 spiro atoms. The van der Waals surface area contributed by atoms with Gasteiger partial charge in [-0.3, -0.25) is 0 Å². The van der Waals surface area contributed by atoms with E-state index in [9.17, 15) is 4.79 Å². The number of hydrogen-bond acceptors (Lipinski definition) is 5. The summed E-state index contributed by atoms with van der Waals surface area (Å²) in [5.74, 6) is 0.319. The molecule has 0 radical (unpaired) electrons. The first kappa shape index (κ1) is 18.0. The molecule has 0 saturated heterocycles.